The largest absolute Gasteiger partial charge is 0.421 e. The second-order valence-electron chi connectivity index (χ2n) is 6.46. The third-order valence-electron chi connectivity index (χ3n) is 4.28. The molecule has 0 saturated carbocycles. The minimum Gasteiger partial charge on any atom is -0.421 e. The summed E-state index contributed by atoms with van der Waals surface area (Å²) >= 11 is 0. The first-order valence-electron chi connectivity index (χ1n) is 8.24. The molecule has 0 bridgehead atoms. The summed E-state index contributed by atoms with van der Waals surface area (Å²) < 4.78 is 34.2. The fraction of sp³-hybridized carbons (Fsp3) is 0.333. The Kier molecular flexibility index (Phi) is 4.72. The Morgan fingerprint density at radius 1 is 1.08 bits per heavy atom. The lowest BCUT2D eigenvalue weighted by Gasteiger charge is -2.11. The molecular weight excluding hydrogens is 352 g/mol. The molecule has 3 rings (SSSR count). The van der Waals surface area contributed by atoms with Crippen molar-refractivity contribution in [1.29, 1.82) is 0 Å². The van der Waals surface area contributed by atoms with Gasteiger partial charge in [-0.15, -0.1) is 10.2 Å². The number of aryl methyl sites for hydroxylation is 5. The predicted molar refractivity (Wildman–Crippen MR) is 98.2 cm³/mol. The number of benzene rings is 1. The van der Waals surface area contributed by atoms with Crippen LogP contribution in [0.2, 0.25) is 0 Å². The number of aromatic nitrogens is 3. The van der Waals surface area contributed by atoms with E-state index in [0.717, 1.165) is 16.7 Å². The smallest absolute Gasteiger partial charge is 0.250 e. The summed E-state index contributed by atoms with van der Waals surface area (Å²) in [4.78, 5) is 3.20. The average molecular weight is 374 g/mol. The maximum Gasteiger partial charge on any atom is 0.250 e. The van der Waals surface area contributed by atoms with Crippen LogP contribution in [0, 0.1) is 34.6 Å². The lowest BCUT2D eigenvalue weighted by molar-refractivity contribution is 0.530. The van der Waals surface area contributed by atoms with Crippen LogP contribution in [-0.2, 0) is 16.6 Å². The molecule has 138 valence electrons. The quantitative estimate of drug-likeness (QED) is 0.715. The molecule has 0 aliphatic carbocycles. The van der Waals surface area contributed by atoms with Crippen LogP contribution in [0.15, 0.2) is 27.5 Å². The van der Waals surface area contributed by atoms with Gasteiger partial charge in [0.15, 0.2) is 0 Å². The second kappa shape index (κ2) is 6.69. The van der Waals surface area contributed by atoms with Crippen molar-refractivity contribution >= 4 is 10.0 Å². The second-order valence-corrected chi connectivity index (χ2v) is 8.16. The van der Waals surface area contributed by atoms with Crippen molar-refractivity contribution in [1.82, 2.24) is 19.9 Å². The molecule has 1 aromatic carbocycles. The highest BCUT2D eigenvalue weighted by atomic mass is 32.2. The molecule has 0 atom stereocenters. The number of hydrogen-bond acceptors (Lipinski definition) is 5. The van der Waals surface area contributed by atoms with Gasteiger partial charge in [0.2, 0.25) is 15.9 Å². The molecule has 2 N–H and O–H groups in total. The van der Waals surface area contributed by atoms with Gasteiger partial charge in [-0.1, -0.05) is 23.8 Å². The van der Waals surface area contributed by atoms with Crippen LogP contribution in [-0.4, -0.2) is 23.6 Å². The molecule has 0 fully saturated rings. The molecule has 3 aromatic rings. The highest BCUT2D eigenvalue weighted by molar-refractivity contribution is 7.89. The SMILES string of the molecule is Cc1ccc(C)c(CNS(=O)(=O)c2c(C)[nH]c(C)c2-c2nnc(C)o2)c1. The number of rotatable bonds is 5. The Hall–Kier alpha value is -2.45. The number of sulfonamides is 1. The summed E-state index contributed by atoms with van der Waals surface area (Å²) in [6.07, 6.45) is 0. The molecule has 0 aliphatic heterocycles. The zero-order valence-corrected chi connectivity index (χ0v) is 16.3. The van der Waals surface area contributed by atoms with E-state index in [2.05, 4.69) is 19.9 Å². The summed E-state index contributed by atoms with van der Waals surface area (Å²) in [5.74, 6) is 0.571. The zero-order valence-electron chi connectivity index (χ0n) is 15.5. The lowest BCUT2D eigenvalue weighted by Crippen LogP contribution is -2.24. The molecule has 0 aliphatic rings. The third-order valence-corrected chi connectivity index (χ3v) is 5.86. The van der Waals surface area contributed by atoms with Crippen molar-refractivity contribution < 1.29 is 12.8 Å². The lowest BCUT2D eigenvalue weighted by atomic mass is 10.1. The van der Waals surface area contributed by atoms with Gasteiger partial charge in [0, 0.05) is 24.9 Å². The first-order chi connectivity index (χ1) is 12.2. The summed E-state index contributed by atoms with van der Waals surface area (Å²) in [6.45, 7) is 9.31. The molecule has 0 spiro atoms. The van der Waals surface area contributed by atoms with Gasteiger partial charge in [-0.3, -0.25) is 0 Å². The van der Waals surface area contributed by atoms with Gasteiger partial charge < -0.3 is 9.40 Å². The highest BCUT2D eigenvalue weighted by Crippen LogP contribution is 2.32. The van der Waals surface area contributed by atoms with Crippen molar-refractivity contribution in [2.24, 2.45) is 0 Å². The van der Waals surface area contributed by atoms with Gasteiger partial charge in [0.25, 0.3) is 5.89 Å². The summed E-state index contributed by atoms with van der Waals surface area (Å²) in [5.41, 5.74) is 4.67. The Bertz CT molecular complexity index is 1060. The van der Waals surface area contributed by atoms with Crippen molar-refractivity contribution in [2.75, 3.05) is 0 Å². The molecule has 0 saturated heterocycles. The fourth-order valence-corrected chi connectivity index (χ4v) is 4.44. The van der Waals surface area contributed by atoms with Crippen LogP contribution < -0.4 is 4.72 Å². The molecule has 2 heterocycles. The van der Waals surface area contributed by atoms with Crippen LogP contribution in [0.3, 0.4) is 0 Å². The predicted octanol–water partition coefficient (Wildman–Crippen LogP) is 3.09. The van der Waals surface area contributed by atoms with Crippen LogP contribution in [0.1, 0.15) is 34.0 Å². The Balaban J connectivity index is 1.99. The van der Waals surface area contributed by atoms with Gasteiger partial charge in [-0.05, 0) is 38.8 Å². The van der Waals surface area contributed by atoms with Crippen molar-refractivity contribution in [3.63, 3.8) is 0 Å². The summed E-state index contributed by atoms with van der Waals surface area (Å²) in [7, 11) is -3.78. The van der Waals surface area contributed by atoms with E-state index in [4.69, 9.17) is 4.42 Å². The fourth-order valence-electron chi connectivity index (χ4n) is 2.98. The van der Waals surface area contributed by atoms with E-state index in [1.165, 1.54) is 0 Å². The van der Waals surface area contributed by atoms with Crippen molar-refractivity contribution in [2.45, 2.75) is 46.1 Å². The summed E-state index contributed by atoms with van der Waals surface area (Å²) in [6, 6.07) is 5.97. The van der Waals surface area contributed by atoms with Crippen LogP contribution in [0.5, 0.6) is 0 Å². The minimum atomic E-state index is -3.78. The first kappa shape index (κ1) is 18.3. The Morgan fingerprint density at radius 3 is 2.46 bits per heavy atom. The standard InChI is InChI=1S/C18H22N4O3S/c1-10-6-7-11(2)15(8-10)9-19-26(23,24)17-13(4)20-12(3)16(17)18-22-21-14(5)25-18/h6-8,19-20H,9H2,1-5H3. The van der Waals surface area contributed by atoms with Crippen molar-refractivity contribution in [3.8, 4) is 11.5 Å². The van der Waals surface area contributed by atoms with Crippen LogP contribution in [0.25, 0.3) is 11.5 Å². The van der Waals surface area contributed by atoms with Crippen LogP contribution in [0.4, 0.5) is 0 Å². The minimum absolute atomic E-state index is 0.143. The normalized spacial score (nSPS) is 11.9. The van der Waals surface area contributed by atoms with E-state index in [1.54, 1.807) is 20.8 Å². The van der Waals surface area contributed by atoms with E-state index in [1.807, 2.05) is 32.0 Å². The molecule has 0 amide bonds. The number of aromatic amines is 1. The maximum atomic E-state index is 13.0. The first-order valence-corrected chi connectivity index (χ1v) is 9.73. The van der Waals surface area contributed by atoms with Gasteiger partial charge in [-0.25, -0.2) is 13.1 Å². The molecule has 0 radical (unpaired) electrons. The highest BCUT2D eigenvalue weighted by Gasteiger charge is 2.28. The van der Waals surface area contributed by atoms with E-state index >= 15 is 0 Å². The van der Waals surface area contributed by atoms with Gasteiger partial charge in [0.1, 0.15) is 4.90 Å². The van der Waals surface area contributed by atoms with Gasteiger partial charge in [-0.2, -0.15) is 0 Å². The third kappa shape index (κ3) is 3.42. The number of nitrogens with zero attached hydrogens (tertiary/aromatic N) is 2. The Labute approximate surface area is 152 Å². The molecule has 26 heavy (non-hydrogen) atoms. The molecule has 2 aromatic heterocycles. The van der Waals surface area contributed by atoms with E-state index in [9.17, 15) is 8.42 Å². The maximum absolute atomic E-state index is 13.0. The van der Waals surface area contributed by atoms with E-state index in [-0.39, 0.29) is 17.3 Å². The topological polar surface area (TPSA) is 101 Å². The van der Waals surface area contributed by atoms with E-state index in [0.29, 0.717) is 22.8 Å². The van der Waals surface area contributed by atoms with Crippen LogP contribution >= 0.6 is 0 Å². The molecular formula is C18H22N4O3S. The zero-order chi connectivity index (χ0) is 19.1. The van der Waals surface area contributed by atoms with Gasteiger partial charge in [0.05, 0.1) is 5.56 Å². The number of H-pyrrole nitrogens is 1. The summed E-state index contributed by atoms with van der Waals surface area (Å²) in [5, 5.41) is 7.79. The van der Waals surface area contributed by atoms with Gasteiger partial charge >= 0.3 is 0 Å². The Morgan fingerprint density at radius 2 is 1.81 bits per heavy atom. The average Bonchev–Trinajstić information content (AvgIpc) is 3.11. The van der Waals surface area contributed by atoms with E-state index < -0.39 is 10.0 Å². The molecule has 0 unspecified atom stereocenters. The van der Waals surface area contributed by atoms with Crippen molar-refractivity contribution in [3.05, 3.63) is 52.2 Å². The number of nitrogens with one attached hydrogen (secondary N) is 2. The number of hydrogen-bond donors (Lipinski definition) is 2. The monoisotopic (exact) mass is 374 g/mol. The molecule has 7 nitrogen and oxygen atoms in total. The molecule has 8 heteroatoms.